The van der Waals surface area contributed by atoms with Gasteiger partial charge >= 0.3 is 0 Å². The fourth-order valence-electron chi connectivity index (χ4n) is 2.00. The number of nitrogens with one attached hydrogen (secondary N) is 1. The van der Waals surface area contributed by atoms with Crippen LogP contribution in [0.4, 0.5) is 14.5 Å². The molecule has 1 aromatic carbocycles. The SMILES string of the molecule is CCCC(CCO)CNS(=O)(=O)c1ccc(F)c(N)c1F. The maximum absolute atomic E-state index is 13.8. The van der Waals surface area contributed by atoms with Crippen molar-refractivity contribution in [3.8, 4) is 0 Å². The Hall–Kier alpha value is -1.25. The van der Waals surface area contributed by atoms with Gasteiger partial charge in [0.15, 0.2) is 5.82 Å². The van der Waals surface area contributed by atoms with Crippen LogP contribution in [0, 0.1) is 17.6 Å². The number of benzene rings is 1. The molecule has 0 aromatic heterocycles. The molecule has 0 fully saturated rings. The fraction of sp³-hybridized carbons (Fsp3) is 0.538. The normalized spacial score (nSPS) is 13.3. The molecule has 0 aliphatic carbocycles. The molecule has 0 bridgehead atoms. The first kappa shape index (κ1) is 17.8. The third-order valence-corrected chi connectivity index (χ3v) is 4.62. The van der Waals surface area contributed by atoms with E-state index in [1.54, 1.807) is 0 Å². The van der Waals surface area contributed by atoms with E-state index in [4.69, 9.17) is 10.8 Å². The van der Waals surface area contributed by atoms with Crippen molar-refractivity contribution in [1.29, 1.82) is 0 Å². The van der Waals surface area contributed by atoms with Gasteiger partial charge in [-0.05, 0) is 30.9 Å². The van der Waals surface area contributed by atoms with E-state index in [2.05, 4.69) is 4.72 Å². The van der Waals surface area contributed by atoms with Crippen molar-refractivity contribution in [2.24, 2.45) is 5.92 Å². The maximum atomic E-state index is 13.8. The van der Waals surface area contributed by atoms with Crippen molar-refractivity contribution in [3.63, 3.8) is 0 Å². The van der Waals surface area contributed by atoms with Crippen LogP contribution in [0.5, 0.6) is 0 Å². The van der Waals surface area contributed by atoms with Gasteiger partial charge in [-0.2, -0.15) is 0 Å². The van der Waals surface area contributed by atoms with Gasteiger partial charge < -0.3 is 10.8 Å². The standard InChI is InChI=1S/C13H20F2N2O3S/c1-2-3-9(6-7-18)8-17-21(19,20)11-5-4-10(14)13(16)12(11)15/h4-5,9,17-18H,2-3,6-8,16H2,1H3. The van der Waals surface area contributed by atoms with Crippen molar-refractivity contribution in [1.82, 2.24) is 4.72 Å². The molecule has 1 unspecified atom stereocenters. The average molecular weight is 322 g/mol. The molecule has 120 valence electrons. The third kappa shape index (κ3) is 4.62. The van der Waals surface area contributed by atoms with Crippen LogP contribution < -0.4 is 10.5 Å². The zero-order valence-electron chi connectivity index (χ0n) is 11.8. The highest BCUT2D eigenvalue weighted by Gasteiger charge is 2.23. The summed E-state index contributed by atoms with van der Waals surface area (Å²) in [5, 5.41) is 8.93. The molecule has 4 N–H and O–H groups in total. The van der Waals surface area contributed by atoms with Crippen LogP contribution in [0.15, 0.2) is 17.0 Å². The van der Waals surface area contributed by atoms with E-state index in [9.17, 15) is 17.2 Å². The average Bonchev–Trinajstić information content (AvgIpc) is 2.42. The van der Waals surface area contributed by atoms with Crippen LogP contribution in [0.3, 0.4) is 0 Å². The van der Waals surface area contributed by atoms with Crippen LogP contribution in [0.2, 0.25) is 0 Å². The van der Waals surface area contributed by atoms with Crippen LogP contribution in [-0.2, 0) is 10.0 Å². The predicted molar refractivity (Wildman–Crippen MR) is 76.1 cm³/mol. The maximum Gasteiger partial charge on any atom is 0.243 e. The second-order valence-corrected chi connectivity index (χ2v) is 6.53. The Balaban J connectivity index is 2.89. The predicted octanol–water partition coefficient (Wildman–Crippen LogP) is 1.62. The van der Waals surface area contributed by atoms with Gasteiger partial charge in [-0.1, -0.05) is 13.3 Å². The van der Waals surface area contributed by atoms with Gasteiger partial charge in [0.1, 0.15) is 16.4 Å². The molecule has 0 saturated heterocycles. The Morgan fingerprint density at radius 1 is 1.33 bits per heavy atom. The summed E-state index contributed by atoms with van der Waals surface area (Å²) in [7, 11) is -4.12. The number of nitrogens with two attached hydrogens (primary N) is 1. The highest BCUT2D eigenvalue weighted by atomic mass is 32.2. The van der Waals surface area contributed by atoms with Crippen LogP contribution >= 0.6 is 0 Å². The first-order valence-electron chi connectivity index (χ1n) is 6.67. The largest absolute Gasteiger partial charge is 0.396 e. The highest BCUT2D eigenvalue weighted by Crippen LogP contribution is 2.23. The smallest absolute Gasteiger partial charge is 0.243 e. The molecule has 0 spiro atoms. The molecule has 0 aliphatic heterocycles. The van der Waals surface area contributed by atoms with Gasteiger partial charge in [0.2, 0.25) is 10.0 Å². The van der Waals surface area contributed by atoms with E-state index in [1.165, 1.54) is 0 Å². The van der Waals surface area contributed by atoms with Crippen LogP contribution in [0.25, 0.3) is 0 Å². The molecule has 1 aromatic rings. The summed E-state index contributed by atoms with van der Waals surface area (Å²) in [6, 6.07) is 1.65. The number of aliphatic hydroxyl groups excluding tert-OH is 1. The van der Waals surface area contributed by atoms with Crippen molar-refractivity contribution in [3.05, 3.63) is 23.8 Å². The lowest BCUT2D eigenvalue weighted by molar-refractivity contribution is 0.251. The van der Waals surface area contributed by atoms with Gasteiger partial charge in [-0.15, -0.1) is 0 Å². The minimum absolute atomic E-state index is 0.0457. The second-order valence-electron chi connectivity index (χ2n) is 4.79. The Bertz CT molecular complexity index is 573. The summed E-state index contributed by atoms with van der Waals surface area (Å²) in [6.45, 7) is 1.97. The molecule has 0 heterocycles. The molecule has 0 aliphatic rings. The zero-order chi connectivity index (χ0) is 16.0. The summed E-state index contributed by atoms with van der Waals surface area (Å²) < 4.78 is 53.2. The highest BCUT2D eigenvalue weighted by molar-refractivity contribution is 7.89. The van der Waals surface area contributed by atoms with E-state index in [0.717, 1.165) is 25.0 Å². The van der Waals surface area contributed by atoms with Gasteiger partial charge in [-0.25, -0.2) is 21.9 Å². The Kier molecular flexibility index (Phi) is 6.50. The molecule has 1 rings (SSSR count). The van der Waals surface area contributed by atoms with Gasteiger partial charge in [0.05, 0.1) is 0 Å². The lowest BCUT2D eigenvalue weighted by atomic mass is 10.0. The first-order chi connectivity index (χ1) is 9.83. The van der Waals surface area contributed by atoms with Gasteiger partial charge in [-0.3, -0.25) is 0 Å². The minimum atomic E-state index is -4.12. The molecule has 1 atom stereocenters. The number of halogens is 2. The Morgan fingerprint density at radius 3 is 2.57 bits per heavy atom. The van der Waals surface area contributed by atoms with E-state index in [1.807, 2.05) is 6.92 Å². The summed E-state index contributed by atoms with van der Waals surface area (Å²) in [5.74, 6) is -2.34. The Morgan fingerprint density at radius 2 is 2.00 bits per heavy atom. The number of rotatable bonds is 8. The summed E-state index contributed by atoms with van der Waals surface area (Å²) in [5.41, 5.74) is 4.33. The van der Waals surface area contributed by atoms with Gasteiger partial charge in [0.25, 0.3) is 0 Å². The topological polar surface area (TPSA) is 92.4 Å². The van der Waals surface area contributed by atoms with Crippen molar-refractivity contribution >= 4 is 15.7 Å². The fourth-order valence-corrected chi connectivity index (χ4v) is 3.21. The monoisotopic (exact) mass is 322 g/mol. The number of hydrogen-bond acceptors (Lipinski definition) is 4. The summed E-state index contributed by atoms with van der Waals surface area (Å²) in [6.07, 6.45) is 2.02. The van der Waals surface area contributed by atoms with E-state index < -0.39 is 32.2 Å². The summed E-state index contributed by atoms with van der Waals surface area (Å²) >= 11 is 0. The van der Waals surface area contributed by atoms with Crippen LogP contribution in [-0.4, -0.2) is 26.7 Å². The second kappa shape index (κ2) is 7.67. The Labute approximate surface area is 123 Å². The molecule has 8 heteroatoms. The van der Waals surface area contributed by atoms with E-state index >= 15 is 0 Å². The molecular weight excluding hydrogens is 302 g/mol. The molecule has 21 heavy (non-hydrogen) atoms. The molecule has 5 nitrogen and oxygen atoms in total. The van der Waals surface area contributed by atoms with Crippen molar-refractivity contribution in [2.45, 2.75) is 31.1 Å². The number of aliphatic hydroxyl groups is 1. The summed E-state index contributed by atoms with van der Waals surface area (Å²) in [4.78, 5) is -0.680. The molecule has 0 saturated carbocycles. The van der Waals surface area contributed by atoms with Crippen LogP contribution in [0.1, 0.15) is 26.2 Å². The number of anilines is 1. The zero-order valence-corrected chi connectivity index (χ0v) is 12.6. The number of hydrogen-bond donors (Lipinski definition) is 3. The van der Waals surface area contributed by atoms with Crippen molar-refractivity contribution in [2.75, 3.05) is 18.9 Å². The molecule has 0 radical (unpaired) electrons. The van der Waals surface area contributed by atoms with E-state index in [-0.39, 0.29) is 19.1 Å². The quantitative estimate of drug-likeness (QED) is 0.634. The van der Waals surface area contributed by atoms with Gasteiger partial charge in [0, 0.05) is 13.2 Å². The van der Waals surface area contributed by atoms with E-state index in [0.29, 0.717) is 6.42 Å². The number of sulfonamides is 1. The number of nitrogen functional groups attached to an aromatic ring is 1. The molecule has 0 amide bonds. The minimum Gasteiger partial charge on any atom is -0.396 e. The van der Waals surface area contributed by atoms with Crippen molar-refractivity contribution < 1.29 is 22.3 Å². The molecular formula is C13H20F2N2O3S. The lowest BCUT2D eigenvalue weighted by Gasteiger charge is -2.16. The third-order valence-electron chi connectivity index (χ3n) is 3.18. The lowest BCUT2D eigenvalue weighted by Crippen LogP contribution is -2.30. The first-order valence-corrected chi connectivity index (χ1v) is 8.15.